The first-order chi connectivity index (χ1) is 14.6. The molecule has 2 aliphatic rings. The topological polar surface area (TPSA) is 49.4 Å². The van der Waals surface area contributed by atoms with Crippen molar-refractivity contribution in [3.63, 3.8) is 0 Å². The zero-order valence-electron chi connectivity index (χ0n) is 16.8. The van der Waals surface area contributed by atoms with Crippen LogP contribution in [0.2, 0.25) is 0 Å². The van der Waals surface area contributed by atoms with Gasteiger partial charge in [0.2, 0.25) is 0 Å². The second-order valence-electron chi connectivity index (χ2n) is 8.33. The SMILES string of the molecule is O=S(=O)(Nc1cc(C(F)(F)F)ccc1N1CCC2CCCCC2C1)c1ccc(Br)cc1. The van der Waals surface area contributed by atoms with Crippen molar-refractivity contribution in [2.24, 2.45) is 11.8 Å². The van der Waals surface area contributed by atoms with Crippen LogP contribution >= 0.6 is 15.9 Å². The Hall–Kier alpha value is -1.74. The van der Waals surface area contributed by atoms with Crippen LogP contribution in [0.4, 0.5) is 24.5 Å². The molecule has 2 atom stereocenters. The summed E-state index contributed by atoms with van der Waals surface area (Å²) in [5, 5.41) is 0. The molecule has 9 heteroatoms. The van der Waals surface area contributed by atoms with E-state index in [0.29, 0.717) is 28.5 Å². The summed E-state index contributed by atoms with van der Waals surface area (Å²) in [5.41, 5.74) is -0.415. The Morgan fingerprint density at radius 3 is 2.32 bits per heavy atom. The van der Waals surface area contributed by atoms with Crippen molar-refractivity contribution in [2.45, 2.75) is 43.2 Å². The van der Waals surface area contributed by atoms with Crippen LogP contribution in [0, 0.1) is 11.8 Å². The van der Waals surface area contributed by atoms with Crippen molar-refractivity contribution < 1.29 is 21.6 Å². The first-order valence-electron chi connectivity index (χ1n) is 10.4. The van der Waals surface area contributed by atoms with Crippen LogP contribution in [0.15, 0.2) is 51.8 Å². The first kappa shape index (κ1) is 22.5. The molecule has 31 heavy (non-hydrogen) atoms. The standard InChI is InChI=1S/C22H24BrF3N2O2S/c23-18-6-8-19(9-7-18)31(29,30)27-20-13-17(22(24,25)26)5-10-21(20)28-12-11-15-3-1-2-4-16(15)14-28/h5-10,13,15-16,27H,1-4,11-12,14H2. The van der Waals surface area contributed by atoms with Crippen molar-refractivity contribution in [3.8, 4) is 0 Å². The lowest BCUT2D eigenvalue weighted by molar-refractivity contribution is -0.137. The number of nitrogens with zero attached hydrogens (tertiary/aromatic N) is 1. The van der Waals surface area contributed by atoms with Crippen molar-refractivity contribution in [2.75, 3.05) is 22.7 Å². The minimum atomic E-state index is -4.56. The number of hydrogen-bond acceptors (Lipinski definition) is 3. The number of fused-ring (bicyclic) bond motifs is 1. The van der Waals surface area contributed by atoms with Gasteiger partial charge < -0.3 is 4.90 Å². The summed E-state index contributed by atoms with van der Waals surface area (Å²) in [6.45, 7) is 1.45. The number of rotatable bonds is 4. The maximum absolute atomic E-state index is 13.4. The van der Waals surface area contributed by atoms with E-state index in [2.05, 4.69) is 20.7 Å². The van der Waals surface area contributed by atoms with Crippen LogP contribution in [0.25, 0.3) is 0 Å². The summed E-state index contributed by atoms with van der Waals surface area (Å²) >= 11 is 3.26. The molecule has 4 rings (SSSR count). The van der Waals surface area contributed by atoms with Gasteiger partial charge in [-0.1, -0.05) is 35.2 Å². The van der Waals surface area contributed by atoms with Crippen LogP contribution in [-0.2, 0) is 16.2 Å². The number of hydrogen-bond donors (Lipinski definition) is 1. The second kappa shape index (κ2) is 8.65. The first-order valence-corrected chi connectivity index (χ1v) is 12.7. The van der Waals surface area contributed by atoms with E-state index in [9.17, 15) is 21.6 Å². The van der Waals surface area contributed by atoms with Gasteiger partial charge in [0.05, 0.1) is 21.8 Å². The quantitative estimate of drug-likeness (QED) is 0.519. The highest BCUT2D eigenvalue weighted by molar-refractivity contribution is 9.10. The average Bonchev–Trinajstić information content (AvgIpc) is 2.73. The number of nitrogens with one attached hydrogen (secondary N) is 1. The fraction of sp³-hybridized carbons (Fsp3) is 0.455. The summed E-state index contributed by atoms with van der Waals surface area (Å²) in [6.07, 6.45) is 1.14. The van der Waals surface area contributed by atoms with E-state index >= 15 is 0 Å². The van der Waals surface area contributed by atoms with E-state index in [4.69, 9.17) is 0 Å². The van der Waals surface area contributed by atoms with Gasteiger partial charge in [0, 0.05) is 17.6 Å². The molecule has 1 saturated carbocycles. The van der Waals surface area contributed by atoms with Gasteiger partial charge in [0.1, 0.15) is 0 Å². The minimum Gasteiger partial charge on any atom is -0.370 e. The molecule has 168 valence electrons. The molecule has 4 nitrogen and oxygen atoms in total. The molecule has 2 unspecified atom stereocenters. The fourth-order valence-electron chi connectivity index (χ4n) is 4.71. The largest absolute Gasteiger partial charge is 0.416 e. The Labute approximate surface area is 189 Å². The van der Waals surface area contributed by atoms with Gasteiger partial charge in [-0.15, -0.1) is 0 Å². The second-order valence-corrected chi connectivity index (χ2v) is 10.9. The number of anilines is 2. The van der Waals surface area contributed by atoms with Crippen molar-refractivity contribution in [1.29, 1.82) is 0 Å². The average molecular weight is 517 g/mol. The molecule has 1 heterocycles. The summed E-state index contributed by atoms with van der Waals surface area (Å²) < 4.78 is 69.1. The van der Waals surface area contributed by atoms with E-state index in [1.54, 1.807) is 12.1 Å². The van der Waals surface area contributed by atoms with E-state index < -0.39 is 21.8 Å². The monoisotopic (exact) mass is 516 g/mol. The summed E-state index contributed by atoms with van der Waals surface area (Å²) in [4.78, 5) is 2.02. The van der Waals surface area contributed by atoms with Crippen LogP contribution in [0.3, 0.4) is 0 Å². The third-order valence-electron chi connectivity index (χ3n) is 6.32. The normalized spacial score (nSPS) is 22.1. The molecule has 1 aliphatic heterocycles. The molecule has 2 aromatic rings. The van der Waals surface area contributed by atoms with Gasteiger partial charge in [-0.3, -0.25) is 4.72 Å². The number of alkyl halides is 3. The van der Waals surface area contributed by atoms with E-state index in [0.717, 1.165) is 31.5 Å². The molecular formula is C22H24BrF3N2O2S. The third-order valence-corrected chi connectivity index (χ3v) is 8.23. The third kappa shape index (κ3) is 5.03. The Bertz CT molecular complexity index is 1040. The fourth-order valence-corrected chi connectivity index (χ4v) is 6.04. The molecular weight excluding hydrogens is 493 g/mol. The van der Waals surface area contributed by atoms with Crippen molar-refractivity contribution >= 4 is 37.3 Å². The smallest absolute Gasteiger partial charge is 0.370 e. The molecule has 0 amide bonds. The molecule has 1 N–H and O–H groups in total. The molecule has 1 aliphatic carbocycles. The number of piperidine rings is 1. The highest BCUT2D eigenvalue weighted by Crippen LogP contribution is 2.41. The van der Waals surface area contributed by atoms with Gasteiger partial charge in [0.25, 0.3) is 10.0 Å². The number of halogens is 4. The summed E-state index contributed by atoms with van der Waals surface area (Å²) in [7, 11) is -4.04. The molecule has 0 aromatic heterocycles. The lowest BCUT2D eigenvalue weighted by Gasteiger charge is -2.42. The van der Waals surface area contributed by atoms with E-state index in [1.807, 2.05) is 4.90 Å². The zero-order chi connectivity index (χ0) is 22.2. The van der Waals surface area contributed by atoms with Crippen molar-refractivity contribution in [3.05, 3.63) is 52.5 Å². The van der Waals surface area contributed by atoms with Gasteiger partial charge in [-0.2, -0.15) is 13.2 Å². The molecule has 2 aromatic carbocycles. The lowest BCUT2D eigenvalue weighted by atomic mass is 9.75. The summed E-state index contributed by atoms with van der Waals surface area (Å²) in [6, 6.07) is 9.30. The molecule has 0 spiro atoms. The maximum Gasteiger partial charge on any atom is 0.416 e. The van der Waals surface area contributed by atoms with Crippen molar-refractivity contribution in [1.82, 2.24) is 0 Å². The number of sulfonamides is 1. The zero-order valence-corrected chi connectivity index (χ0v) is 19.2. The minimum absolute atomic E-state index is 0.00921. The number of benzene rings is 2. The molecule has 0 bridgehead atoms. The maximum atomic E-state index is 13.4. The molecule has 0 radical (unpaired) electrons. The van der Waals surface area contributed by atoms with E-state index in [1.165, 1.54) is 37.5 Å². The van der Waals surface area contributed by atoms with Crippen LogP contribution in [-0.4, -0.2) is 21.5 Å². The van der Waals surface area contributed by atoms with Crippen LogP contribution in [0.1, 0.15) is 37.7 Å². The molecule has 2 fully saturated rings. The van der Waals surface area contributed by atoms with Crippen LogP contribution < -0.4 is 9.62 Å². The predicted molar refractivity (Wildman–Crippen MR) is 119 cm³/mol. The Morgan fingerprint density at radius 1 is 0.968 bits per heavy atom. The predicted octanol–water partition coefficient (Wildman–Crippen LogP) is 6.29. The lowest BCUT2D eigenvalue weighted by Crippen LogP contribution is -2.42. The van der Waals surface area contributed by atoms with Gasteiger partial charge >= 0.3 is 6.18 Å². The van der Waals surface area contributed by atoms with Gasteiger partial charge in [-0.25, -0.2) is 8.42 Å². The Balaban J connectivity index is 1.68. The Kier molecular flexibility index (Phi) is 6.27. The molecule has 1 saturated heterocycles. The van der Waals surface area contributed by atoms with E-state index in [-0.39, 0.29) is 10.6 Å². The highest BCUT2D eigenvalue weighted by atomic mass is 79.9. The Morgan fingerprint density at radius 2 is 1.65 bits per heavy atom. The summed E-state index contributed by atoms with van der Waals surface area (Å²) in [5.74, 6) is 1.16. The highest BCUT2D eigenvalue weighted by Gasteiger charge is 2.35. The van der Waals surface area contributed by atoms with Crippen LogP contribution in [0.5, 0.6) is 0 Å². The van der Waals surface area contributed by atoms with Gasteiger partial charge in [0.15, 0.2) is 0 Å². The van der Waals surface area contributed by atoms with Gasteiger partial charge in [-0.05, 0) is 67.1 Å².